The lowest BCUT2D eigenvalue weighted by molar-refractivity contribution is 0.711. The Morgan fingerprint density at radius 2 is 1.89 bits per heavy atom. The number of hydrogen-bond acceptors (Lipinski definition) is 1. The fourth-order valence-electron chi connectivity index (χ4n) is 0.865. The van der Waals surface area contributed by atoms with Crippen LogP contribution in [0.1, 0.15) is 27.7 Å². The van der Waals surface area contributed by atoms with E-state index in [-0.39, 0.29) is 0 Å². The molecule has 0 amide bonds. The molecule has 1 nitrogen and oxygen atoms in total. The lowest BCUT2D eigenvalue weighted by Gasteiger charge is -2.14. The first-order valence-electron chi connectivity index (χ1n) is 3.66. The molecule has 0 aliphatic rings. The van der Waals surface area contributed by atoms with Gasteiger partial charge in [-0.05, 0) is 19.1 Å². The topological polar surface area (TPSA) is 12.0 Å². The van der Waals surface area contributed by atoms with Gasteiger partial charge in [0, 0.05) is 5.78 Å². The predicted molar refractivity (Wildman–Crippen MR) is 46.6 cm³/mol. The van der Waals surface area contributed by atoms with Gasteiger partial charge in [-0.25, -0.2) is 0 Å². The van der Waals surface area contributed by atoms with Crippen LogP contribution in [0.15, 0.2) is 0 Å². The highest BCUT2D eigenvalue weighted by Gasteiger charge is 2.00. The molecule has 0 rings (SSSR count). The molecule has 0 aromatic rings. The average Bonchev–Trinajstić information content (AvgIpc) is 1.63. The van der Waals surface area contributed by atoms with Gasteiger partial charge in [0.05, 0.1) is 0 Å². The van der Waals surface area contributed by atoms with Crippen molar-refractivity contribution in [3.63, 3.8) is 0 Å². The Labute approximate surface area is 60.4 Å². The molecule has 2 unspecified atom stereocenters. The van der Waals surface area contributed by atoms with E-state index >= 15 is 0 Å². The highest BCUT2D eigenvalue weighted by atomic mass is 31.1. The highest BCUT2D eigenvalue weighted by molar-refractivity contribution is 7.39. The zero-order valence-electron chi connectivity index (χ0n) is 6.86. The molecular formula is C7H18NP. The first-order chi connectivity index (χ1) is 4.16. The van der Waals surface area contributed by atoms with E-state index in [0.29, 0.717) is 0 Å². The molecule has 0 spiro atoms. The zero-order chi connectivity index (χ0) is 7.28. The number of rotatable bonds is 4. The molecule has 0 saturated carbocycles. The third-order valence-electron chi connectivity index (χ3n) is 1.09. The molecule has 9 heavy (non-hydrogen) atoms. The van der Waals surface area contributed by atoms with Crippen LogP contribution < -0.4 is 5.32 Å². The van der Waals surface area contributed by atoms with Crippen LogP contribution in [0, 0.1) is 0 Å². The summed E-state index contributed by atoms with van der Waals surface area (Å²) in [6.45, 7) is 10.0. The van der Waals surface area contributed by atoms with Gasteiger partial charge in [0.15, 0.2) is 0 Å². The minimum absolute atomic E-state index is 0.718. The maximum Gasteiger partial charge on any atom is 0.0214 e. The van der Waals surface area contributed by atoms with Crippen LogP contribution in [0.25, 0.3) is 0 Å². The summed E-state index contributed by atoms with van der Waals surface area (Å²) in [5.74, 6) is 0.718. The van der Waals surface area contributed by atoms with Gasteiger partial charge in [-0.1, -0.05) is 20.8 Å². The SMILES string of the molecule is CCNC(C)PC(C)C. The van der Waals surface area contributed by atoms with Crippen molar-refractivity contribution in [1.29, 1.82) is 0 Å². The van der Waals surface area contributed by atoms with Crippen molar-refractivity contribution in [1.82, 2.24) is 5.32 Å². The summed E-state index contributed by atoms with van der Waals surface area (Å²) < 4.78 is 0. The van der Waals surface area contributed by atoms with Crippen molar-refractivity contribution in [3.8, 4) is 0 Å². The molecule has 1 N–H and O–H groups in total. The molecule has 0 heterocycles. The van der Waals surface area contributed by atoms with Crippen molar-refractivity contribution in [2.24, 2.45) is 0 Å². The van der Waals surface area contributed by atoms with E-state index in [0.717, 1.165) is 26.6 Å². The van der Waals surface area contributed by atoms with Crippen molar-refractivity contribution in [2.75, 3.05) is 6.54 Å². The average molecular weight is 147 g/mol. The van der Waals surface area contributed by atoms with E-state index in [1.165, 1.54) is 0 Å². The van der Waals surface area contributed by atoms with Crippen molar-refractivity contribution < 1.29 is 0 Å². The molecule has 0 radical (unpaired) electrons. The summed E-state index contributed by atoms with van der Waals surface area (Å²) in [5, 5.41) is 3.39. The standard InChI is InChI=1S/C7H18NP/c1-5-8-7(4)9-6(2)3/h6-9H,5H2,1-4H3. The maximum atomic E-state index is 3.39. The summed E-state index contributed by atoms with van der Waals surface area (Å²) in [6.07, 6.45) is 0. The highest BCUT2D eigenvalue weighted by Crippen LogP contribution is 2.21. The minimum atomic E-state index is 0.718. The summed E-state index contributed by atoms with van der Waals surface area (Å²) >= 11 is 0. The monoisotopic (exact) mass is 147 g/mol. The van der Waals surface area contributed by atoms with E-state index in [4.69, 9.17) is 0 Å². The van der Waals surface area contributed by atoms with Gasteiger partial charge in [-0.15, -0.1) is 8.58 Å². The Bertz CT molecular complexity index is 63.9. The second-order valence-electron chi connectivity index (χ2n) is 2.60. The predicted octanol–water partition coefficient (Wildman–Crippen LogP) is 2.03. The van der Waals surface area contributed by atoms with Crippen LogP contribution in [0.2, 0.25) is 0 Å². The minimum Gasteiger partial charge on any atom is -0.311 e. The molecule has 0 aliphatic heterocycles. The third-order valence-corrected chi connectivity index (χ3v) is 2.46. The van der Waals surface area contributed by atoms with E-state index in [1.54, 1.807) is 0 Å². The summed E-state index contributed by atoms with van der Waals surface area (Å²) in [5.41, 5.74) is 0.846. The zero-order valence-corrected chi connectivity index (χ0v) is 7.86. The fourth-order valence-corrected chi connectivity index (χ4v) is 2.19. The van der Waals surface area contributed by atoms with Gasteiger partial charge in [0.25, 0.3) is 0 Å². The van der Waals surface area contributed by atoms with Crippen molar-refractivity contribution >= 4 is 8.58 Å². The second-order valence-corrected chi connectivity index (χ2v) is 4.95. The van der Waals surface area contributed by atoms with Gasteiger partial charge in [0.2, 0.25) is 0 Å². The Morgan fingerprint density at radius 1 is 1.33 bits per heavy atom. The summed E-state index contributed by atoms with van der Waals surface area (Å²) in [6, 6.07) is 0. The molecule has 0 aromatic carbocycles. The van der Waals surface area contributed by atoms with Crippen molar-refractivity contribution in [3.05, 3.63) is 0 Å². The molecule has 2 heteroatoms. The number of nitrogens with one attached hydrogen (secondary N) is 1. The molecule has 2 atom stereocenters. The van der Waals surface area contributed by atoms with Gasteiger partial charge in [0.1, 0.15) is 0 Å². The molecule has 0 saturated heterocycles. The van der Waals surface area contributed by atoms with E-state index < -0.39 is 0 Å². The van der Waals surface area contributed by atoms with Gasteiger partial charge >= 0.3 is 0 Å². The number of hydrogen-bond donors (Lipinski definition) is 1. The molecule has 0 fully saturated rings. The first-order valence-corrected chi connectivity index (χ1v) is 4.81. The van der Waals surface area contributed by atoms with Crippen LogP contribution in [-0.4, -0.2) is 18.0 Å². The normalized spacial score (nSPS) is 15.7. The lowest BCUT2D eigenvalue weighted by atomic mass is 10.6. The van der Waals surface area contributed by atoms with Gasteiger partial charge < -0.3 is 5.32 Å². The first kappa shape index (κ1) is 9.39. The lowest BCUT2D eigenvalue weighted by Crippen LogP contribution is -2.22. The smallest absolute Gasteiger partial charge is 0.0214 e. The van der Waals surface area contributed by atoms with Crippen LogP contribution in [-0.2, 0) is 0 Å². The molecular weight excluding hydrogens is 129 g/mol. The largest absolute Gasteiger partial charge is 0.311 e. The summed E-state index contributed by atoms with van der Waals surface area (Å²) in [4.78, 5) is 0. The van der Waals surface area contributed by atoms with Crippen molar-refractivity contribution in [2.45, 2.75) is 39.1 Å². The van der Waals surface area contributed by atoms with E-state index in [2.05, 4.69) is 33.0 Å². The molecule has 0 aromatic heterocycles. The Hall–Kier alpha value is 0.390. The Kier molecular flexibility index (Phi) is 5.42. The van der Waals surface area contributed by atoms with Crippen LogP contribution in [0.4, 0.5) is 0 Å². The summed E-state index contributed by atoms with van der Waals surface area (Å²) in [7, 11) is 1.06. The second kappa shape index (κ2) is 5.20. The van der Waals surface area contributed by atoms with E-state index in [9.17, 15) is 0 Å². The Morgan fingerprint density at radius 3 is 2.22 bits per heavy atom. The third kappa shape index (κ3) is 6.27. The molecule has 0 bridgehead atoms. The Balaban J connectivity index is 3.15. The van der Waals surface area contributed by atoms with Gasteiger partial charge in [-0.3, -0.25) is 0 Å². The molecule has 0 aliphatic carbocycles. The molecule has 56 valence electrons. The van der Waals surface area contributed by atoms with Crippen LogP contribution in [0.5, 0.6) is 0 Å². The maximum absolute atomic E-state index is 3.39. The van der Waals surface area contributed by atoms with E-state index in [1.807, 2.05) is 0 Å². The van der Waals surface area contributed by atoms with Gasteiger partial charge in [-0.2, -0.15) is 0 Å². The van der Waals surface area contributed by atoms with Crippen LogP contribution >= 0.6 is 8.58 Å². The fraction of sp³-hybridized carbons (Fsp3) is 1.00. The van der Waals surface area contributed by atoms with Crippen LogP contribution in [0.3, 0.4) is 0 Å². The quantitative estimate of drug-likeness (QED) is 0.600.